The monoisotopic (exact) mass is 316 g/mol. The molecule has 0 spiro atoms. The molecule has 1 aliphatic rings. The molecule has 0 amide bonds. The third-order valence-corrected chi connectivity index (χ3v) is 4.60. The molecule has 114 valence electrons. The molecule has 0 bridgehead atoms. The summed E-state index contributed by atoms with van der Waals surface area (Å²) < 4.78 is 13.3. The molecule has 0 atom stereocenters. The van der Waals surface area contributed by atoms with Crippen molar-refractivity contribution in [2.24, 2.45) is 0 Å². The van der Waals surface area contributed by atoms with Gasteiger partial charge in [-0.3, -0.25) is 0 Å². The van der Waals surface area contributed by atoms with Gasteiger partial charge in [0.1, 0.15) is 19.0 Å². The van der Waals surface area contributed by atoms with Gasteiger partial charge < -0.3 is 19.1 Å². The number of imidazole rings is 1. The van der Waals surface area contributed by atoms with Gasteiger partial charge in [0, 0.05) is 30.0 Å². The molecule has 0 unspecified atom stereocenters. The van der Waals surface area contributed by atoms with E-state index < -0.39 is 0 Å². The molecule has 2 aromatic heterocycles. The molecule has 0 aliphatic carbocycles. The summed E-state index contributed by atoms with van der Waals surface area (Å²) in [5.41, 5.74) is 1.86. The van der Waals surface area contributed by atoms with Crippen molar-refractivity contribution >= 4 is 22.4 Å². The number of hydrogen-bond donors (Lipinski definition) is 1. The first-order valence-corrected chi connectivity index (χ1v) is 8.15. The van der Waals surface area contributed by atoms with E-state index >= 15 is 0 Å². The van der Waals surface area contributed by atoms with Gasteiger partial charge in [-0.1, -0.05) is 6.07 Å². The number of fused-ring (bicyclic) bond motifs is 2. The molecule has 0 saturated carbocycles. The molecule has 1 aliphatic heterocycles. The summed E-state index contributed by atoms with van der Waals surface area (Å²) in [6.45, 7) is 1.74. The average Bonchev–Trinajstić information content (AvgIpc) is 3.15. The van der Waals surface area contributed by atoms with Crippen LogP contribution in [0.5, 0.6) is 11.5 Å². The van der Waals surface area contributed by atoms with Gasteiger partial charge in [0.15, 0.2) is 11.5 Å². The van der Waals surface area contributed by atoms with Gasteiger partial charge in [0.2, 0.25) is 0 Å². The smallest absolute Gasteiger partial charge is 0.163 e. The van der Waals surface area contributed by atoms with Crippen molar-refractivity contribution in [3.63, 3.8) is 0 Å². The number of benzene rings is 1. The average molecular weight is 316 g/mol. The Labute approximate surface area is 131 Å². The van der Waals surface area contributed by atoms with Gasteiger partial charge in [-0.05, 0) is 11.4 Å². The Bertz CT molecular complexity index is 795. The SMILES string of the molecule is OCCn1c(Cc2cccs2)nc2cc3c(cc21)OCCO3. The van der Waals surface area contributed by atoms with E-state index in [0.29, 0.717) is 19.8 Å². The molecule has 5 nitrogen and oxygen atoms in total. The van der Waals surface area contributed by atoms with E-state index in [-0.39, 0.29) is 6.61 Å². The molecule has 4 rings (SSSR count). The van der Waals surface area contributed by atoms with Crippen LogP contribution in [0.25, 0.3) is 11.0 Å². The summed E-state index contributed by atoms with van der Waals surface area (Å²) in [7, 11) is 0. The van der Waals surface area contributed by atoms with E-state index in [9.17, 15) is 5.11 Å². The molecule has 1 N–H and O–H groups in total. The van der Waals surface area contributed by atoms with Crippen LogP contribution in [0.1, 0.15) is 10.7 Å². The maximum atomic E-state index is 9.38. The van der Waals surface area contributed by atoms with E-state index in [4.69, 9.17) is 14.5 Å². The zero-order valence-corrected chi connectivity index (χ0v) is 12.8. The zero-order chi connectivity index (χ0) is 14.9. The highest BCUT2D eigenvalue weighted by Crippen LogP contribution is 2.35. The third-order valence-electron chi connectivity index (χ3n) is 3.73. The Morgan fingerprint density at radius 2 is 2.05 bits per heavy atom. The fourth-order valence-corrected chi connectivity index (χ4v) is 3.47. The Balaban J connectivity index is 1.83. The van der Waals surface area contributed by atoms with E-state index in [1.54, 1.807) is 11.3 Å². The highest BCUT2D eigenvalue weighted by molar-refractivity contribution is 7.09. The van der Waals surface area contributed by atoms with Crippen LogP contribution in [0.2, 0.25) is 0 Å². The van der Waals surface area contributed by atoms with Gasteiger partial charge >= 0.3 is 0 Å². The lowest BCUT2D eigenvalue weighted by atomic mass is 10.2. The number of aromatic nitrogens is 2. The maximum Gasteiger partial charge on any atom is 0.163 e. The van der Waals surface area contributed by atoms with Crippen molar-refractivity contribution in [2.45, 2.75) is 13.0 Å². The van der Waals surface area contributed by atoms with Crippen LogP contribution in [0.3, 0.4) is 0 Å². The predicted molar refractivity (Wildman–Crippen MR) is 84.9 cm³/mol. The molecule has 22 heavy (non-hydrogen) atoms. The van der Waals surface area contributed by atoms with Gasteiger partial charge in [-0.15, -0.1) is 11.3 Å². The highest BCUT2D eigenvalue weighted by atomic mass is 32.1. The highest BCUT2D eigenvalue weighted by Gasteiger charge is 2.18. The predicted octanol–water partition coefficient (Wildman–Crippen LogP) is 2.45. The second-order valence-electron chi connectivity index (χ2n) is 5.14. The van der Waals surface area contributed by atoms with E-state index in [0.717, 1.165) is 34.8 Å². The van der Waals surface area contributed by atoms with E-state index in [2.05, 4.69) is 16.0 Å². The molecule has 3 heterocycles. The van der Waals surface area contributed by atoms with Gasteiger partial charge in [0.25, 0.3) is 0 Å². The summed E-state index contributed by atoms with van der Waals surface area (Å²) in [5.74, 6) is 2.45. The van der Waals surface area contributed by atoms with Crippen LogP contribution in [0.15, 0.2) is 29.6 Å². The summed E-state index contributed by atoms with van der Waals surface area (Å²) in [5, 5.41) is 11.4. The first kappa shape index (κ1) is 13.6. The van der Waals surface area contributed by atoms with Crippen LogP contribution in [0, 0.1) is 0 Å². The fraction of sp³-hybridized carbons (Fsp3) is 0.312. The first-order valence-electron chi connectivity index (χ1n) is 7.27. The second-order valence-corrected chi connectivity index (χ2v) is 6.18. The number of nitrogens with zero attached hydrogens (tertiary/aromatic N) is 2. The zero-order valence-electron chi connectivity index (χ0n) is 12.0. The molecule has 0 fully saturated rings. The van der Waals surface area contributed by atoms with Crippen molar-refractivity contribution in [3.8, 4) is 11.5 Å². The standard InChI is InChI=1S/C16H16N2O3S/c19-4-3-18-13-10-15-14(20-5-6-21-15)9-12(13)17-16(18)8-11-2-1-7-22-11/h1-2,7,9-10,19H,3-6,8H2. The number of thiophene rings is 1. The number of hydrogen-bond acceptors (Lipinski definition) is 5. The number of aliphatic hydroxyl groups excluding tert-OH is 1. The van der Waals surface area contributed by atoms with E-state index in [1.165, 1.54) is 4.88 Å². The maximum absolute atomic E-state index is 9.38. The normalized spacial score (nSPS) is 13.7. The topological polar surface area (TPSA) is 56.5 Å². The molecular weight excluding hydrogens is 300 g/mol. The van der Waals surface area contributed by atoms with Crippen LogP contribution in [-0.4, -0.2) is 34.5 Å². The summed E-state index contributed by atoms with van der Waals surface area (Å²) in [4.78, 5) is 5.99. The van der Waals surface area contributed by atoms with Gasteiger partial charge in [0.05, 0.1) is 17.6 Å². The molecule has 6 heteroatoms. The minimum Gasteiger partial charge on any atom is -0.486 e. The summed E-state index contributed by atoms with van der Waals surface area (Å²) in [6.07, 6.45) is 0.763. The summed E-state index contributed by atoms with van der Waals surface area (Å²) in [6, 6.07) is 8.03. The summed E-state index contributed by atoms with van der Waals surface area (Å²) >= 11 is 1.71. The van der Waals surface area contributed by atoms with Crippen LogP contribution in [-0.2, 0) is 13.0 Å². The molecule has 1 aromatic carbocycles. The van der Waals surface area contributed by atoms with Crippen LogP contribution < -0.4 is 9.47 Å². The van der Waals surface area contributed by atoms with Crippen molar-refractivity contribution < 1.29 is 14.6 Å². The van der Waals surface area contributed by atoms with Crippen molar-refractivity contribution in [2.75, 3.05) is 19.8 Å². The molecular formula is C16H16N2O3S. The lowest BCUT2D eigenvalue weighted by Gasteiger charge is -2.18. The Kier molecular flexibility index (Phi) is 3.48. The Morgan fingerprint density at radius 3 is 2.77 bits per heavy atom. The molecule has 0 saturated heterocycles. The Morgan fingerprint density at radius 1 is 1.23 bits per heavy atom. The van der Waals surface area contributed by atoms with Crippen LogP contribution >= 0.6 is 11.3 Å². The number of aliphatic hydroxyl groups is 1. The first-order chi connectivity index (χ1) is 10.8. The van der Waals surface area contributed by atoms with Gasteiger partial charge in [-0.25, -0.2) is 4.98 Å². The van der Waals surface area contributed by atoms with Gasteiger partial charge in [-0.2, -0.15) is 0 Å². The van der Waals surface area contributed by atoms with Crippen molar-refractivity contribution in [1.82, 2.24) is 9.55 Å². The van der Waals surface area contributed by atoms with Crippen molar-refractivity contribution in [3.05, 3.63) is 40.3 Å². The third kappa shape index (κ3) is 2.34. The van der Waals surface area contributed by atoms with E-state index in [1.807, 2.05) is 18.2 Å². The second kappa shape index (κ2) is 5.62. The quantitative estimate of drug-likeness (QED) is 0.803. The lowest BCUT2D eigenvalue weighted by Crippen LogP contribution is -2.15. The minimum atomic E-state index is 0.0807. The fourth-order valence-electron chi connectivity index (χ4n) is 2.76. The Hall–Kier alpha value is -2.05. The molecule has 3 aromatic rings. The molecule has 0 radical (unpaired) electrons. The largest absolute Gasteiger partial charge is 0.486 e. The number of rotatable bonds is 4. The van der Waals surface area contributed by atoms with Crippen LogP contribution in [0.4, 0.5) is 0 Å². The lowest BCUT2D eigenvalue weighted by molar-refractivity contribution is 0.172. The minimum absolute atomic E-state index is 0.0807. The number of ether oxygens (including phenoxy) is 2. The van der Waals surface area contributed by atoms with Crippen molar-refractivity contribution in [1.29, 1.82) is 0 Å².